The summed E-state index contributed by atoms with van der Waals surface area (Å²) >= 11 is 3.53. The minimum Gasteiger partial charge on any atom is -0.444 e. The van der Waals surface area contributed by atoms with Crippen LogP contribution in [0.1, 0.15) is 20.8 Å². The van der Waals surface area contributed by atoms with Gasteiger partial charge in [-0.2, -0.15) is 5.10 Å². The number of amides is 1. The highest BCUT2D eigenvalue weighted by molar-refractivity contribution is 9.10. The van der Waals surface area contributed by atoms with Gasteiger partial charge in [0.15, 0.2) is 0 Å². The van der Waals surface area contributed by atoms with E-state index in [0.717, 1.165) is 15.7 Å². The van der Waals surface area contributed by atoms with Crippen molar-refractivity contribution >= 4 is 27.7 Å². The van der Waals surface area contributed by atoms with E-state index >= 15 is 4.39 Å². The zero-order chi connectivity index (χ0) is 22.9. The molecule has 0 unspecified atom stereocenters. The Labute approximate surface area is 194 Å². The molecule has 168 valence electrons. The van der Waals surface area contributed by atoms with Crippen LogP contribution in [-0.2, 0) is 4.74 Å². The lowest BCUT2D eigenvalue weighted by atomic mass is 10.2. The summed E-state index contributed by atoms with van der Waals surface area (Å²) in [5.41, 5.74) is 2.29. The summed E-state index contributed by atoms with van der Waals surface area (Å²) in [6.45, 7) is 7.57. The fourth-order valence-electron chi connectivity index (χ4n) is 3.54. The van der Waals surface area contributed by atoms with E-state index in [1.54, 1.807) is 28.0 Å². The molecule has 0 N–H and O–H groups in total. The minimum atomic E-state index is -0.533. The SMILES string of the molecule is CC(C)(C)OC(=O)N1CCN(c2ccc(-n3cc(Br)c(-c4ccncc4)n3)cc2F)CC1. The Balaban J connectivity index is 1.46. The van der Waals surface area contributed by atoms with Crippen LogP contribution in [0.15, 0.2) is 53.4 Å². The van der Waals surface area contributed by atoms with Crippen molar-refractivity contribution in [2.24, 2.45) is 0 Å². The number of halogens is 2. The zero-order valence-electron chi connectivity index (χ0n) is 18.3. The van der Waals surface area contributed by atoms with Crippen LogP contribution in [0.2, 0.25) is 0 Å². The number of benzene rings is 1. The van der Waals surface area contributed by atoms with Crippen molar-refractivity contribution in [2.75, 3.05) is 31.1 Å². The Hall–Kier alpha value is -2.94. The normalized spacial score (nSPS) is 14.5. The number of carbonyl (C=O) groups is 1. The van der Waals surface area contributed by atoms with Gasteiger partial charge in [-0.3, -0.25) is 4.98 Å². The van der Waals surface area contributed by atoms with Crippen molar-refractivity contribution in [3.63, 3.8) is 0 Å². The Bertz CT molecular complexity index is 1110. The molecule has 1 aliphatic heterocycles. The number of hydrogen-bond acceptors (Lipinski definition) is 5. The standard InChI is InChI=1S/C23H25BrFN5O2/c1-23(2,3)32-22(31)29-12-10-28(11-13-29)20-5-4-17(14-19(20)25)30-15-18(24)21(27-30)16-6-8-26-9-7-16/h4-9,14-15H,10-13H2,1-3H3. The summed E-state index contributed by atoms with van der Waals surface area (Å²) in [5, 5.41) is 4.60. The van der Waals surface area contributed by atoms with E-state index in [0.29, 0.717) is 37.6 Å². The van der Waals surface area contributed by atoms with Gasteiger partial charge < -0.3 is 14.5 Å². The molecule has 4 rings (SSSR count). The second-order valence-electron chi connectivity index (χ2n) is 8.60. The van der Waals surface area contributed by atoms with Crippen molar-refractivity contribution in [1.82, 2.24) is 19.7 Å². The molecule has 2 aromatic heterocycles. The van der Waals surface area contributed by atoms with Crippen LogP contribution in [0.25, 0.3) is 16.9 Å². The molecule has 1 saturated heterocycles. The molecule has 0 saturated carbocycles. The first-order chi connectivity index (χ1) is 15.2. The highest BCUT2D eigenvalue weighted by atomic mass is 79.9. The van der Waals surface area contributed by atoms with Crippen LogP contribution in [0.4, 0.5) is 14.9 Å². The molecule has 1 aromatic carbocycles. The molecule has 3 heterocycles. The summed E-state index contributed by atoms with van der Waals surface area (Å²) in [4.78, 5) is 19.9. The molecule has 1 amide bonds. The van der Waals surface area contributed by atoms with E-state index in [2.05, 4.69) is 26.0 Å². The van der Waals surface area contributed by atoms with Crippen LogP contribution < -0.4 is 4.90 Å². The summed E-state index contributed by atoms with van der Waals surface area (Å²) < 4.78 is 22.9. The average molecular weight is 502 g/mol. The fraction of sp³-hybridized carbons (Fsp3) is 0.348. The average Bonchev–Trinajstić information content (AvgIpc) is 3.15. The van der Waals surface area contributed by atoms with Gasteiger partial charge in [0.25, 0.3) is 0 Å². The summed E-state index contributed by atoms with van der Waals surface area (Å²) in [5.74, 6) is -0.328. The molecular formula is C23H25BrFN5O2. The van der Waals surface area contributed by atoms with Crippen molar-refractivity contribution in [2.45, 2.75) is 26.4 Å². The summed E-state index contributed by atoms with van der Waals surface area (Å²) in [7, 11) is 0. The van der Waals surface area contributed by atoms with Gasteiger partial charge in [-0.15, -0.1) is 0 Å². The van der Waals surface area contributed by atoms with Crippen LogP contribution in [0, 0.1) is 5.82 Å². The maximum absolute atomic E-state index is 15.0. The van der Waals surface area contributed by atoms with E-state index in [-0.39, 0.29) is 11.9 Å². The molecular weight excluding hydrogens is 477 g/mol. The van der Waals surface area contributed by atoms with Crippen LogP contribution in [0.3, 0.4) is 0 Å². The maximum Gasteiger partial charge on any atom is 0.410 e. The number of nitrogens with zero attached hydrogens (tertiary/aromatic N) is 5. The van der Waals surface area contributed by atoms with Crippen molar-refractivity contribution < 1.29 is 13.9 Å². The van der Waals surface area contributed by atoms with Crippen molar-refractivity contribution in [3.05, 3.63) is 59.2 Å². The number of ether oxygens (including phenoxy) is 1. The molecule has 0 bridgehead atoms. The van der Waals surface area contributed by atoms with Gasteiger partial charge in [0.05, 0.1) is 15.8 Å². The number of pyridine rings is 1. The third-order valence-electron chi connectivity index (χ3n) is 5.09. The van der Waals surface area contributed by atoms with E-state index in [1.165, 1.54) is 6.07 Å². The number of piperazine rings is 1. The van der Waals surface area contributed by atoms with Crippen LogP contribution >= 0.6 is 15.9 Å². The first-order valence-corrected chi connectivity index (χ1v) is 11.2. The van der Waals surface area contributed by atoms with Crippen molar-refractivity contribution in [1.29, 1.82) is 0 Å². The third kappa shape index (κ3) is 4.93. The number of hydrogen-bond donors (Lipinski definition) is 0. The Morgan fingerprint density at radius 2 is 1.78 bits per heavy atom. The first kappa shape index (κ1) is 22.3. The molecule has 0 atom stereocenters. The predicted octanol–water partition coefficient (Wildman–Crippen LogP) is 4.89. The second-order valence-corrected chi connectivity index (χ2v) is 9.45. The maximum atomic E-state index is 15.0. The lowest BCUT2D eigenvalue weighted by molar-refractivity contribution is 0.0240. The Morgan fingerprint density at radius 3 is 2.41 bits per heavy atom. The molecule has 0 radical (unpaired) electrons. The largest absolute Gasteiger partial charge is 0.444 e. The molecule has 1 aliphatic rings. The molecule has 9 heteroatoms. The number of carbonyl (C=O) groups excluding carboxylic acids is 1. The van der Waals surface area contributed by atoms with Crippen LogP contribution in [-0.4, -0.2) is 57.5 Å². The lowest BCUT2D eigenvalue weighted by Gasteiger charge is -2.36. The Kier molecular flexibility index (Phi) is 6.19. The molecule has 1 fully saturated rings. The molecule has 0 spiro atoms. The van der Waals surface area contributed by atoms with Gasteiger partial charge in [0.1, 0.15) is 17.1 Å². The summed E-state index contributed by atoms with van der Waals surface area (Å²) in [6.07, 6.45) is 4.89. The highest BCUT2D eigenvalue weighted by Crippen LogP contribution is 2.29. The highest BCUT2D eigenvalue weighted by Gasteiger charge is 2.27. The molecule has 7 nitrogen and oxygen atoms in total. The fourth-order valence-corrected chi connectivity index (χ4v) is 4.04. The smallest absolute Gasteiger partial charge is 0.410 e. The first-order valence-electron chi connectivity index (χ1n) is 10.4. The lowest BCUT2D eigenvalue weighted by Crippen LogP contribution is -2.50. The van der Waals surface area contributed by atoms with E-state index in [4.69, 9.17) is 4.74 Å². The topological polar surface area (TPSA) is 63.5 Å². The second kappa shape index (κ2) is 8.90. The van der Waals surface area contributed by atoms with Crippen molar-refractivity contribution in [3.8, 4) is 16.9 Å². The zero-order valence-corrected chi connectivity index (χ0v) is 19.8. The Morgan fingerprint density at radius 1 is 1.09 bits per heavy atom. The van der Waals surface area contributed by atoms with Gasteiger partial charge in [0, 0.05) is 56.4 Å². The minimum absolute atomic E-state index is 0.328. The van der Waals surface area contributed by atoms with Gasteiger partial charge in [-0.05, 0) is 61.0 Å². The van der Waals surface area contributed by atoms with Gasteiger partial charge in [0.2, 0.25) is 0 Å². The van der Waals surface area contributed by atoms with Crippen LogP contribution in [0.5, 0.6) is 0 Å². The summed E-state index contributed by atoms with van der Waals surface area (Å²) in [6, 6.07) is 8.82. The number of anilines is 1. The quantitative estimate of drug-likeness (QED) is 0.510. The molecule has 3 aromatic rings. The predicted molar refractivity (Wildman–Crippen MR) is 124 cm³/mol. The van der Waals surface area contributed by atoms with E-state index < -0.39 is 5.60 Å². The molecule has 32 heavy (non-hydrogen) atoms. The third-order valence-corrected chi connectivity index (χ3v) is 5.67. The number of aromatic nitrogens is 3. The van der Waals surface area contributed by atoms with Gasteiger partial charge in [-0.1, -0.05) is 0 Å². The van der Waals surface area contributed by atoms with E-state index in [1.807, 2.05) is 50.1 Å². The van der Waals surface area contributed by atoms with Gasteiger partial charge >= 0.3 is 6.09 Å². The monoisotopic (exact) mass is 501 g/mol. The van der Waals surface area contributed by atoms with Gasteiger partial charge in [-0.25, -0.2) is 13.9 Å². The van der Waals surface area contributed by atoms with E-state index in [9.17, 15) is 4.79 Å². The number of rotatable bonds is 3. The molecule has 0 aliphatic carbocycles.